The summed E-state index contributed by atoms with van der Waals surface area (Å²) in [7, 11) is 2.00. The van der Waals surface area contributed by atoms with Crippen LogP contribution in [0.4, 0.5) is 0 Å². The lowest BCUT2D eigenvalue weighted by Gasteiger charge is -2.16. The maximum atomic E-state index is 6.06. The highest BCUT2D eigenvalue weighted by atomic mass is 35.5. The van der Waals surface area contributed by atoms with Gasteiger partial charge in [0.05, 0.1) is 23.3 Å². The second kappa shape index (κ2) is 7.97. The third-order valence-corrected chi connectivity index (χ3v) is 5.05. The molecule has 1 aromatic carbocycles. The van der Waals surface area contributed by atoms with Crippen LogP contribution >= 0.6 is 35.4 Å². The molecule has 0 unspecified atom stereocenters. The van der Waals surface area contributed by atoms with Gasteiger partial charge in [0, 0.05) is 6.54 Å². The molecule has 1 aliphatic heterocycles. The zero-order chi connectivity index (χ0) is 17.1. The first-order valence-electron chi connectivity index (χ1n) is 7.93. The largest absolute Gasteiger partial charge is 0.412 e. The van der Waals surface area contributed by atoms with Crippen molar-refractivity contribution in [1.82, 2.24) is 19.6 Å². The normalized spacial score (nSPS) is 15.5. The van der Waals surface area contributed by atoms with Crippen LogP contribution in [-0.4, -0.2) is 39.7 Å². The van der Waals surface area contributed by atoms with Gasteiger partial charge in [0.2, 0.25) is 5.89 Å². The van der Waals surface area contributed by atoms with Crippen molar-refractivity contribution in [3.05, 3.63) is 44.5 Å². The average molecular weight is 387 g/mol. The van der Waals surface area contributed by atoms with Crippen molar-refractivity contribution in [1.29, 1.82) is 0 Å². The van der Waals surface area contributed by atoms with Gasteiger partial charge in [0.1, 0.15) is 0 Å². The molecule has 2 heterocycles. The summed E-state index contributed by atoms with van der Waals surface area (Å²) in [4.78, 5) is 4.84. The maximum Gasteiger partial charge on any atom is 0.288 e. The molecule has 0 saturated carbocycles. The number of hydrogen-bond acceptors (Lipinski definition) is 5. The molecule has 0 aliphatic carbocycles. The number of nitrogens with zero attached hydrogens (tertiary/aromatic N) is 4. The van der Waals surface area contributed by atoms with Crippen LogP contribution in [0.15, 0.2) is 22.6 Å². The van der Waals surface area contributed by atoms with Crippen LogP contribution in [0, 0.1) is 4.84 Å². The molecule has 0 amide bonds. The van der Waals surface area contributed by atoms with E-state index in [0.717, 1.165) is 25.2 Å². The van der Waals surface area contributed by atoms with Gasteiger partial charge >= 0.3 is 0 Å². The van der Waals surface area contributed by atoms with Gasteiger partial charge in [-0.2, -0.15) is 0 Å². The highest BCUT2D eigenvalue weighted by molar-refractivity contribution is 7.71. The summed E-state index contributed by atoms with van der Waals surface area (Å²) < 4.78 is 7.34. The number of benzene rings is 1. The molecule has 1 saturated heterocycles. The molecule has 1 aliphatic rings. The van der Waals surface area contributed by atoms with Crippen molar-refractivity contribution in [2.45, 2.75) is 32.6 Å². The SMILES string of the molecule is CN(Cc1ccc(Cl)c(Cl)c1)Cn1nc(CN2CCCC2)oc1=S. The van der Waals surface area contributed by atoms with Crippen LogP contribution in [0.1, 0.15) is 24.3 Å². The molecule has 1 aromatic heterocycles. The van der Waals surface area contributed by atoms with Gasteiger partial charge in [0.25, 0.3) is 4.84 Å². The lowest BCUT2D eigenvalue weighted by molar-refractivity contribution is 0.240. The van der Waals surface area contributed by atoms with E-state index in [2.05, 4.69) is 14.9 Å². The van der Waals surface area contributed by atoms with E-state index in [-0.39, 0.29) is 0 Å². The van der Waals surface area contributed by atoms with E-state index in [1.807, 2.05) is 25.2 Å². The summed E-state index contributed by atoms with van der Waals surface area (Å²) in [6.07, 6.45) is 2.49. The van der Waals surface area contributed by atoms with Gasteiger partial charge in [-0.25, -0.2) is 4.68 Å². The first kappa shape index (κ1) is 17.9. The third kappa shape index (κ3) is 4.58. The quantitative estimate of drug-likeness (QED) is 0.695. The van der Waals surface area contributed by atoms with E-state index in [4.69, 9.17) is 39.8 Å². The van der Waals surface area contributed by atoms with E-state index in [0.29, 0.717) is 34.0 Å². The second-order valence-electron chi connectivity index (χ2n) is 6.15. The number of halogens is 2. The fraction of sp³-hybridized carbons (Fsp3) is 0.500. The molecule has 0 N–H and O–H groups in total. The average Bonchev–Trinajstić information content (AvgIpc) is 3.14. The number of hydrogen-bond donors (Lipinski definition) is 0. The predicted octanol–water partition coefficient (Wildman–Crippen LogP) is 4.20. The summed E-state index contributed by atoms with van der Waals surface area (Å²) in [5.41, 5.74) is 1.08. The summed E-state index contributed by atoms with van der Waals surface area (Å²) in [6.45, 7) is 4.21. The Labute approximate surface area is 156 Å². The molecule has 0 spiro atoms. The standard InChI is InChI=1S/C16H20Cl2N4OS/c1-20(9-12-4-5-13(17)14(18)8-12)11-22-16(24)23-15(19-22)10-21-6-2-3-7-21/h4-5,8H,2-3,6-7,9-11H2,1H3. The second-order valence-corrected chi connectivity index (χ2v) is 7.31. The van der Waals surface area contributed by atoms with Crippen LogP contribution < -0.4 is 0 Å². The van der Waals surface area contributed by atoms with E-state index < -0.39 is 0 Å². The first-order chi connectivity index (χ1) is 11.5. The van der Waals surface area contributed by atoms with Gasteiger partial charge in [0.15, 0.2) is 0 Å². The minimum atomic E-state index is 0.408. The number of aromatic nitrogens is 2. The Morgan fingerprint density at radius 1 is 1.25 bits per heavy atom. The van der Waals surface area contributed by atoms with E-state index in [1.54, 1.807) is 4.68 Å². The van der Waals surface area contributed by atoms with E-state index in [9.17, 15) is 0 Å². The molecule has 130 valence electrons. The smallest absolute Gasteiger partial charge is 0.288 e. The molecule has 0 bridgehead atoms. The van der Waals surface area contributed by atoms with Crippen LogP contribution in [-0.2, 0) is 19.8 Å². The Bertz CT molecular complexity index is 755. The van der Waals surface area contributed by atoms with Gasteiger partial charge < -0.3 is 4.42 Å². The Balaban J connectivity index is 1.61. The van der Waals surface area contributed by atoms with Gasteiger partial charge in [-0.15, -0.1) is 5.10 Å². The predicted molar refractivity (Wildman–Crippen MR) is 97.8 cm³/mol. The highest BCUT2D eigenvalue weighted by Crippen LogP contribution is 2.23. The summed E-state index contributed by atoms with van der Waals surface area (Å²) in [6, 6.07) is 5.65. The van der Waals surface area contributed by atoms with Crippen molar-refractivity contribution in [2.75, 3.05) is 20.1 Å². The van der Waals surface area contributed by atoms with Crippen molar-refractivity contribution < 1.29 is 4.42 Å². The zero-order valence-electron chi connectivity index (χ0n) is 13.5. The van der Waals surface area contributed by atoms with Crippen LogP contribution in [0.5, 0.6) is 0 Å². The summed E-state index contributed by atoms with van der Waals surface area (Å²) in [5, 5.41) is 5.63. The van der Waals surface area contributed by atoms with Gasteiger partial charge in [-0.3, -0.25) is 9.80 Å². The highest BCUT2D eigenvalue weighted by Gasteiger charge is 2.16. The Morgan fingerprint density at radius 2 is 2.00 bits per heavy atom. The summed E-state index contributed by atoms with van der Waals surface area (Å²) >= 11 is 17.3. The third-order valence-electron chi connectivity index (χ3n) is 4.02. The zero-order valence-corrected chi connectivity index (χ0v) is 15.9. The Hall–Kier alpha value is -0.920. The fourth-order valence-electron chi connectivity index (χ4n) is 2.86. The fourth-order valence-corrected chi connectivity index (χ4v) is 3.38. The molecule has 8 heteroatoms. The van der Waals surface area contributed by atoms with E-state index in [1.165, 1.54) is 12.8 Å². The molecule has 2 aromatic rings. The van der Waals surface area contributed by atoms with Crippen molar-refractivity contribution in [2.24, 2.45) is 0 Å². The molecule has 5 nitrogen and oxygen atoms in total. The molecule has 3 rings (SSSR count). The van der Waals surface area contributed by atoms with Crippen molar-refractivity contribution in [3.8, 4) is 0 Å². The van der Waals surface area contributed by atoms with Gasteiger partial charge in [-0.05, 0) is 62.9 Å². The lowest BCUT2D eigenvalue weighted by Crippen LogP contribution is -2.23. The maximum absolute atomic E-state index is 6.06. The van der Waals surface area contributed by atoms with Crippen LogP contribution in [0.3, 0.4) is 0 Å². The van der Waals surface area contributed by atoms with Crippen LogP contribution in [0.2, 0.25) is 10.0 Å². The van der Waals surface area contributed by atoms with Crippen molar-refractivity contribution in [3.63, 3.8) is 0 Å². The van der Waals surface area contributed by atoms with Crippen LogP contribution in [0.25, 0.3) is 0 Å². The molecular weight excluding hydrogens is 367 g/mol. The monoisotopic (exact) mass is 386 g/mol. The minimum absolute atomic E-state index is 0.408. The van der Waals surface area contributed by atoms with Crippen molar-refractivity contribution >= 4 is 35.4 Å². The number of likely N-dealkylation sites (tertiary alicyclic amines) is 1. The molecule has 0 atom stereocenters. The van der Waals surface area contributed by atoms with Gasteiger partial charge in [-0.1, -0.05) is 29.3 Å². The molecule has 0 radical (unpaired) electrons. The summed E-state index contributed by atoms with van der Waals surface area (Å²) in [5.74, 6) is 0.685. The number of rotatable bonds is 6. The molecule has 1 fully saturated rings. The Morgan fingerprint density at radius 3 is 2.71 bits per heavy atom. The minimum Gasteiger partial charge on any atom is -0.412 e. The van der Waals surface area contributed by atoms with E-state index >= 15 is 0 Å². The topological polar surface area (TPSA) is 37.4 Å². The Kier molecular flexibility index (Phi) is 5.94. The first-order valence-corrected chi connectivity index (χ1v) is 9.09. The lowest BCUT2D eigenvalue weighted by atomic mass is 10.2. The molecular formula is C16H20Cl2N4OS. The molecule has 24 heavy (non-hydrogen) atoms.